The van der Waals surface area contributed by atoms with E-state index >= 15 is 0 Å². The minimum atomic E-state index is -0.742. The molecule has 7 heteroatoms. The molecule has 1 aromatic rings. The van der Waals surface area contributed by atoms with Crippen LogP contribution in [0.5, 0.6) is 0 Å². The first-order chi connectivity index (χ1) is 10.6. The summed E-state index contributed by atoms with van der Waals surface area (Å²) in [4.78, 5) is 23.1. The lowest BCUT2D eigenvalue weighted by atomic mass is 10.1. The quantitative estimate of drug-likeness (QED) is 0.791. The van der Waals surface area contributed by atoms with E-state index in [4.69, 9.17) is 14.2 Å². The second kappa shape index (κ2) is 8.02. The van der Waals surface area contributed by atoms with Crippen LogP contribution in [-0.4, -0.2) is 38.2 Å². The minimum Gasteiger partial charge on any atom is -0.493 e. The van der Waals surface area contributed by atoms with E-state index in [-0.39, 0.29) is 18.2 Å². The van der Waals surface area contributed by atoms with Gasteiger partial charge in [0.15, 0.2) is 6.61 Å². The van der Waals surface area contributed by atoms with Crippen LogP contribution in [0, 0.1) is 5.82 Å². The molecule has 0 atom stereocenters. The van der Waals surface area contributed by atoms with Gasteiger partial charge in [0.05, 0.1) is 0 Å². The maximum absolute atomic E-state index is 12.7. The van der Waals surface area contributed by atoms with Gasteiger partial charge in [0.1, 0.15) is 25.3 Å². The molecule has 6 nitrogen and oxygen atoms in total. The standard InChI is InChI=1S/C15H16FNO5/c16-12-3-1-11(2-4-12)5-6-17-14(18)10-22-15(19)13-9-20-7-8-21-13/h1-4,9H,5-8,10H2,(H,17,18). The van der Waals surface area contributed by atoms with E-state index in [0.29, 0.717) is 19.6 Å². The summed E-state index contributed by atoms with van der Waals surface area (Å²) < 4.78 is 27.4. The summed E-state index contributed by atoms with van der Waals surface area (Å²) in [5, 5.41) is 2.60. The summed E-state index contributed by atoms with van der Waals surface area (Å²) in [5.41, 5.74) is 0.900. The Kier molecular flexibility index (Phi) is 5.76. The molecule has 1 aliphatic heterocycles. The SMILES string of the molecule is O=C(COC(=O)C1=COCCO1)NCCc1ccc(F)cc1. The van der Waals surface area contributed by atoms with Crippen molar-refractivity contribution in [3.8, 4) is 0 Å². The van der Waals surface area contributed by atoms with E-state index in [9.17, 15) is 14.0 Å². The fraction of sp³-hybridized carbons (Fsp3) is 0.333. The molecule has 0 fully saturated rings. The Bertz CT molecular complexity index is 556. The molecule has 2 rings (SSSR count). The summed E-state index contributed by atoms with van der Waals surface area (Å²) in [6.07, 6.45) is 1.72. The number of hydrogen-bond donors (Lipinski definition) is 1. The zero-order chi connectivity index (χ0) is 15.8. The zero-order valence-electron chi connectivity index (χ0n) is 11.8. The molecule has 0 unspecified atom stereocenters. The second-order valence-corrected chi connectivity index (χ2v) is 4.50. The molecule has 118 valence electrons. The van der Waals surface area contributed by atoms with Crippen LogP contribution in [0.2, 0.25) is 0 Å². The third-order valence-electron chi connectivity index (χ3n) is 2.83. The molecular formula is C15H16FNO5. The number of halogens is 1. The van der Waals surface area contributed by atoms with Gasteiger partial charge in [-0.25, -0.2) is 9.18 Å². The van der Waals surface area contributed by atoms with Crippen molar-refractivity contribution in [2.45, 2.75) is 6.42 Å². The van der Waals surface area contributed by atoms with Gasteiger partial charge < -0.3 is 19.5 Å². The van der Waals surface area contributed by atoms with Crippen molar-refractivity contribution in [2.75, 3.05) is 26.4 Å². The monoisotopic (exact) mass is 309 g/mol. The molecule has 0 spiro atoms. The first-order valence-electron chi connectivity index (χ1n) is 6.78. The molecule has 0 saturated carbocycles. The minimum absolute atomic E-state index is 0.0506. The number of ether oxygens (including phenoxy) is 3. The van der Waals surface area contributed by atoms with Gasteiger partial charge in [0.25, 0.3) is 5.91 Å². The van der Waals surface area contributed by atoms with Gasteiger partial charge in [-0.3, -0.25) is 4.79 Å². The van der Waals surface area contributed by atoms with Crippen molar-refractivity contribution in [1.82, 2.24) is 5.32 Å². The highest BCUT2D eigenvalue weighted by atomic mass is 19.1. The molecule has 0 aliphatic carbocycles. The van der Waals surface area contributed by atoms with E-state index in [0.717, 1.165) is 11.8 Å². The second-order valence-electron chi connectivity index (χ2n) is 4.50. The maximum Gasteiger partial charge on any atom is 0.377 e. The van der Waals surface area contributed by atoms with Crippen molar-refractivity contribution in [1.29, 1.82) is 0 Å². The first kappa shape index (κ1) is 15.8. The molecular weight excluding hydrogens is 293 g/mol. The molecule has 0 radical (unpaired) electrons. The molecule has 1 heterocycles. The van der Waals surface area contributed by atoms with Gasteiger partial charge in [0, 0.05) is 6.54 Å². The Labute approximate surface area is 126 Å². The van der Waals surface area contributed by atoms with E-state index in [2.05, 4.69) is 5.32 Å². The Morgan fingerprint density at radius 3 is 2.68 bits per heavy atom. The zero-order valence-corrected chi connectivity index (χ0v) is 11.8. The topological polar surface area (TPSA) is 73.9 Å². The van der Waals surface area contributed by atoms with Crippen molar-refractivity contribution >= 4 is 11.9 Å². The van der Waals surface area contributed by atoms with Crippen LogP contribution in [0.3, 0.4) is 0 Å². The molecule has 1 aromatic carbocycles. The smallest absolute Gasteiger partial charge is 0.377 e. The van der Waals surface area contributed by atoms with E-state index in [1.54, 1.807) is 12.1 Å². The number of amides is 1. The van der Waals surface area contributed by atoms with Crippen molar-refractivity contribution in [2.24, 2.45) is 0 Å². The number of carbonyl (C=O) groups excluding carboxylic acids is 2. The highest BCUT2D eigenvalue weighted by Crippen LogP contribution is 2.06. The van der Waals surface area contributed by atoms with Crippen LogP contribution < -0.4 is 5.32 Å². The van der Waals surface area contributed by atoms with Gasteiger partial charge in [-0.05, 0) is 24.1 Å². The molecule has 22 heavy (non-hydrogen) atoms. The van der Waals surface area contributed by atoms with Crippen LogP contribution in [0.1, 0.15) is 5.56 Å². The fourth-order valence-electron chi connectivity index (χ4n) is 1.73. The average molecular weight is 309 g/mol. The van der Waals surface area contributed by atoms with Gasteiger partial charge >= 0.3 is 5.97 Å². The summed E-state index contributed by atoms with van der Waals surface area (Å²) in [5.74, 6) is -1.52. The lowest BCUT2D eigenvalue weighted by Crippen LogP contribution is -2.31. The maximum atomic E-state index is 12.7. The number of carbonyl (C=O) groups is 2. The molecule has 0 saturated heterocycles. The largest absolute Gasteiger partial charge is 0.493 e. The third kappa shape index (κ3) is 5.08. The highest BCUT2D eigenvalue weighted by molar-refractivity contribution is 5.88. The summed E-state index contributed by atoms with van der Waals surface area (Å²) in [7, 11) is 0. The van der Waals surface area contributed by atoms with Crippen LogP contribution in [-0.2, 0) is 30.2 Å². The normalized spacial score (nSPS) is 13.4. The lowest BCUT2D eigenvalue weighted by Gasteiger charge is -2.14. The van der Waals surface area contributed by atoms with Crippen molar-refractivity contribution in [3.63, 3.8) is 0 Å². The van der Waals surface area contributed by atoms with Gasteiger partial charge in [-0.1, -0.05) is 12.1 Å². The predicted molar refractivity (Wildman–Crippen MR) is 74.1 cm³/mol. The van der Waals surface area contributed by atoms with Crippen LogP contribution in [0.4, 0.5) is 4.39 Å². The fourth-order valence-corrected chi connectivity index (χ4v) is 1.73. The molecule has 0 aromatic heterocycles. The number of nitrogens with one attached hydrogen (secondary N) is 1. The lowest BCUT2D eigenvalue weighted by molar-refractivity contribution is -0.149. The van der Waals surface area contributed by atoms with Crippen molar-refractivity contribution < 1.29 is 28.2 Å². The summed E-state index contributed by atoms with van der Waals surface area (Å²) in [6.45, 7) is 0.610. The molecule has 1 N–H and O–H groups in total. The van der Waals surface area contributed by atoms with Crippen molar-refractivity contribution in [3.05, 3.63) is 47.7 Å². The Morgan fingerprint density at radius 1 is 1.23 bits per heavy atom. The van der Waals surface area contributed by atoms with Crippen LogP contribution >= 0.6 is 0 Å². The summed E-state index contributed by atoms with van der Waals surface area (Å²) in [6, 6.07) is 6.01. The number of rotatable bonds is 6. The van der Waals surface area contributed by atoms with E-state index < -0.39 is 18.5 Å². The highest BCUT2D eigenvalue weighted by Gasteiger charge is 2.17. The van der Waals surface area contributed by atoms with Gasteiger partial charge in [0.2, 0.25) is 5.76 Å². The Hall–Kier alpha value is -2.57. The summed E-state index contributed by atoms with van der Waals surface area (Å²) >= 11 is 0. The molecule has 1 aliphatic rings. The molecule has 1 amide bonds. The number of benzene rings is 1. The Balaban J connectivity index is 1.64. The average Bonchev–Trinajstić information content (AvgIpc) is 2.55. The van der Waals surface area contributed by atoms with Crippen LogP contribution in [0.15, 0.2) is 36.3 Å². The van der Waals surface area contributed by atoms with E-state index in [1.165, 1.54) is 12.1 Å². The predicted octanol–water partition coefficient (Wildman–Crippen LogP) is 0.916. The Morgan fingerprint density at radius 2 is 2.00 bits per heavy atom. The first-order valence-corrected chi connectivity index (χ1v) is 6.78. The van der Waals surface area contributed by atoms with Crippen LogP contribution in [0.25, 0.3) is 0 Å². The van der Waals surface area contributed by atoms with Gasteiger partial charge in [-0.2, -0.15) is 0 Å². The van der Waals surface area contributed by atoms with E-state index in [1.807, 2.05) is 0 Å². The third-order valence-corrected chi connectivity index (χ3v) is 2.83. The molecule has 0 bridgehead atoms. The van der Waals surface area contributed by atoms with Gasteiger partial charge in [-0.15, -0.1) is 0 Å². The number of esters is 1. The number of hydrogen-bond acceptors (Lipinski definition) is 5.